The van der Waals surface area contributed by atoms with Gasteiger partial charge in [-0.25, -0.2) is 0 Å². The van der Waals surface area contributed by atoms with Gasteiger partial charge in [-0.05, 0) is 42.3 Å². The molecule has 0 saturated carbocycles. The molecule has 148 valence electrons. The zero-order valence-corrected chi connectivity index (χ0v) is 16.9. The van der Waals surface area contributed by atoms with Crippen molar-refractivity contribution in [3.05, 3.63) is 77.3 Å². The van der Waals surface area contributed by atoms with E-state index in [9.17, 15) is 9.59 Å². The van der Waals surface area contributed by atoms with Crippen molar-refractivity contribution in [2.45, 2.75) is 25.9 Å². The first-order valence-corrected chi connectivity index (χ1v) is 9.38. The van der Waals surface area contributed by atoms with Crippen molar-refractivity contribution >= 4 is 23.4 Å². The van der Waals surface area contributed by atoms with Crippen LogP contribution in [0.25, 0.3) is 0 Å². The standard InChI is InChI=1S/C22H25ClN2O3/c1-4-13-24-22(27)16(2)25(15-18-7-11-20(28-3)12-8-18)21(26)14-17-5-9-19(23)10-6-17/h4-12,16H,1,13-15H2,2-3H3,(H,24,27)/t16-/m0/s1. The van der Waals surface area contributed by atoms with Crippen molar-refractivity contribution in [2.75, 3.05) is 13.7 Å². The van der Waals surface area contributed by atoms with Gasteiger partial charge in [0.05, 0.1) is 13.5 Å². The smallest absolute Gasteiger partial charge is 0.242 e. The molecule has 5 nitrogen and oxygen atoms in total. The minimum atomic E-state index is -0.623. The molecule has 2 rings (SSSR count). The number of halogens is 1. The van der Waals surface area contributed by atoms with Crippen molar-refractivity contribution in [3.63, 3.8) is 0 Å². The van der Waals surface area contributed by atoms with Gasteiger partial charge < -0.3 is 15.0 Å². The maximum atomic E-state index is 13.0. The summed E-state index contributed by atoms with van der Waals surface area (Å²) < 4.78 is 5.18. The minimum absolute atomic E-state index is 0.139. The van der Waals surface area contributed by atoms with Crippen LogP contribution in [-0.2, 0) is 22.6 Å². The van der Waals surface area contributed by atoms with Crippen LogP contribution in [0.15, 0.2) is 61.2 Å². The molecule has 1 N–H and O–H groups in total. The topological polar surface area (TPSA) is 58.6 Å². The van der Waals surface area contributed by atoms with Gasteiger partial charge in [-0.1, -0.05) is 41.9 Å². The Hall–Kier alpha value is -2.79. The van der Waals surface area contributed by atoms with E-state index in [4.69, 9.17) is 16.3 Å². The van der Waals surface area contributed by atoms with Gasteiger partial charge in [0.2, 0.25) is 11.8 Å². The molecule has 0 aliphatic heterocycles. The predicted molar refractivity (Wildman–Crippen MR) is 111 cm³/mol. The number of amides is 2. The van der Waals surface area contributed by atoms with Gasteiger partial charge in [-0.3, -0.25) is 9.59 Å². The maximum absolute atomic E-state index is 13.0. The lowest BCUT2D eigenvalue weighted by Crippen LogP contribution is -2.48. The summed E-state index contributed by atoms with van der Waals surface area (Å²) in [4.78, 5) is 27.0. The zero-order chi connectivity index (χ0) is 20.5. The number of hydrogen-bond donors (Lipinski definition) is 1. The lowest BCUT2D eigenvalue weighted by Gasteiger charge is -2.29. The molecular formula is C22H25ClN2O3. The molecule has 0 aliphatic rings. The summed E-state index contributed by atoms with van der Waals surface area (Å²) in [5, 5.41) is 3.37. The van der Waals surface area contributed by atoms with Crippen molar-refractivity contribution in [3.8, 4) is 5.75 Å². The molecule has 0 radical (unpaired) electrons. The average molecular weight is 401 g/mol. The number of nitrogens with zero attached hydrogens (tertiary/aromatic N) is 1. The number of ether oxygens (including phenoxy) is 1. The summed E-state index contributed by atoms with van der Waals surface area (Å²) in [5.74, 6) is 0.372. The number of benzene rings is 2. The molecule has 0 saturated heterocycles. The normalized spacial score (nSPS) is 11.4. The first-order valence-electron chi connectivity index (χ1n) is 9.00. The fraction of sp³-hybridized carbons (Fsp3) is 0.273. The first-order chi connectivity index (χ1) is 13.4. The Labute approximate surface area is 170 Å². The van der Waals surface area contributed by atoms with Gasteiger partial charge in [-0.2, -0.15) is 0 Å². The second-order valence-corrected chi connectivity index (χ2v) is 6.82. The number of rotatable bonds is 9. The van der Waals surface area contributed by atoms with E-state index < -0.39 is 6.04 Å². The number of methoxy groups -OCH3 is 1. The van der Waals surface area contributed by atoms with Crippen LogP contribution in [0.4, 0.5) is 0 Å². The largest absolute Gasteiger partial charge is 0.497 e. The second kappa shape index (κ2) is 10.5. The van der Waals surface area contributed by atoms with E-state index in [1.54, 1.807) is 37.1 Å². The van der Waals surface area contributed by atoms with Crippen LogP contribution in [-0.4, -0.2) is 36.4 Å². The molecule has 0 unspecified atom stereocenters. The fourth-order valence-corrected chi connectivity index (χ4v) is 2.84. The molecular weight excluding hydrogens is 376 g/mol. The van der Waals surface area contributed by atoms with Gasteiger partial charge >= 0.3 is 0 Å². The highest BCUT2D eigenvalue weighted by Gasteiger charge is 2.26. The highest BCUT2D eigenvalue weighted by molar-refractivity contribution is 6.30. The van der Waals surface area contributed by atoms with Crippen LogP contribution in [0.3, 0.4) is 0 Å². The lowest BCUT2D eigenvalue weighted by molar-refractivity contribution is -0.140. The first kappa shape index (κ1) is 21.5. The van der Waals surface area contributed by atoms with Crippen LogP contribution in [0.2, 0.25) is 5.02 Å². The van der Waals surface area contributed by atoms with E-state index >= 15 is 0 Å². The Balaban J connectivity index is 2.20. The SMILES string of the molecule is C=CCNC(=O)[C@H](C)N(Cc1ccc(OC)cc1)C(=O)Cc1ccc(Cl)cc1. The summed E-state index contributed by atoms with van der Waals surface area (Å²) >= 11 is 5.92. The van der Waals surface area contributed by atoms with Crippen molar-refractivity contribution in [1.82, 2.24) is 10.2 Å². The predicted octanol–water partition coefficient (Wildman–Crippen LogP) is 3.61. The van der Waals surface area contributed by atoms with E-state index in [1.807, 2.05) is 36.4 Å². The van der Waals surface area contributed by atoms with Crippen LogP contribution < -0.4 is 10.1 Å². The average Bonchev–Trinajstić information content (AvgIpc) is 2.71. The number of hydrogen-bond acceptors (Lipinski definition) is 3. The molecule has 0 aromatic heterocycles. The molecule has 2 aromatic rings. The highest BCUT2D eigenvalue weighted by atomic mass is 35.5. The lowest BCUT2D eigenvalue weighted by atomic mass is 10.1. The van der Waals surface area contributed by atoms with E-state index in [1.165, 1.54) is 0 Å². The van der Waals surface area contributed by atoms with Gasteiger partial charge in [0.1, 0.15) is 11.8 Å². The van der Waals surface area contributed by atoms with Crippen molar-refractivity contribution in [1.29, 1.82) is 0 Å². The monoisotopic (exact) mass is 400 g/mol. The molecule has 6 heteroatoms. The summed E-state index contributed by atoms with van der Waals surface area (Å²) in [6.07, 6.45) is 1.79. The summed E-state index contributed by atoms with van der Waals surface area (Å²) in [5.41, 5.74) is 1.75. The number of carbonyl (C=O) groups is 2. The minimum Gasteiger partial charge on any atom is -0.497 e. The summed E-state index contributed by atoms with van der Waals surface area (Å²) in [6, 6.07) is 13.9. The van der Waals surface area contributed by atoms with Gasteiger partial charge in [0.25, 0.3) is 0 Å². The highest BCUT2D eigenvalue weighted by Crippen LogP contribution is 2.17. The van der Waals surface area contributed by atoms with E-state index in [0.29, 0.717) is 18.1 Å². The quantitative estimate of drug-likeness (QED) is 0.654. The van der Waals surface area contributed by atoms with Crippen LogP contribution in [0.5, 0.6) is 5.75 Å². The van der Waals surface area contributed by atoms with Gasteiger partial charge in [0.15, 0.2) is 0 Å². The van der Waals surface area contributed by atoms with E-state index in [2.05, 4.69) is 11.9 Å². The molecule has 0 bridgehead atoms. The molecule has 0 aliphatic carbocycles. The van der Waals surface area contributed by atoms with Crippen LogP contribution in [0.1, 0.15) is 18.1 Å². The molecule has 2 amide bonds. The van der Waals surface area contributed by atoms with E-state index in [0.717, 1.165) is 16.9 Å². The zero-order valence-electron chi connectivity index (χ0n) is 16.2. The molecule has 1 atom stereocenters. The van der Waals surface area contributed by atoms with Gasteiger partial charge in [0, 0.05) is 18.1 Å². The third kappa shape index (κ3) is 6.13. The fourth-order valence-electron chi connectivity index (χ4n) is 2.71. The van der Waals surface area contributed by atoms with Crippen LogP contribution in [0, 0.1) is 0 Å². The summed E-state index contributed by atoms with van der Waals surface area (Å²) in [6.45, 7) is 6.00. The van der Waals surface area contributed by atoms with Crippen molar-refractivity contribution < 1.29 is 14.3 Å². The Bertz CT molecular complexity index is 804. The molecule has 2 aromatic carbocycles. The molecule has 28 heavy (non-hydrogen) atoms. The summed E-state index contributed by atoms with van der Waals surface area (Å²) in [7, 11) is 1.60. The molecule has 0 spiro atoms. The Kier molecular flexibility index (Phi) is 8.08. The Morgan fingerprint density at radius 1 is 1.14 bits per heavy atom. The second-order valence-electron chi connectivity index (χ2n) is 6.38. The van der Waals surface area contributed by atoms with Crippen molar-refractivity contribution in [2.24, 2.45) is 0 Å². The molecule has 0 fully saturated rings. The third-order valence-corrected chi connectivity index (χ3v) is 4.62. The van der Waals surface area contributed by atoms with Gasteiger partial charge in [-0.15, -0.1) is 6.58 Å². The number of nitrogens with one attached hydrogen (secondary N) is 1. The Morgan fingerprint density at radius 2 is 1.75 bits per heavy atom. The third-order valence-electron chi connectivity index (χ3n) is 4.37. The molecule has 0 heterocycles. The Morgan fingerprint density at radius 3 is 2.32 bits per heavy atom. The van der Waals surface area contributed by atoms with E-state index in [-0.39, 0.29) is 18.2 Å². The van der Waals surface area contributed by atoms with Crippen LogP contribution >= 0.6 is 11.6 Å². The number of carbonyl (C=O) groups excluding carboxylic acids is 2. The maximum Gasteiger partial charge on any atom is 0.242 e.